The Bertz CT molecular complexity index is 303. The van der Waals surface area contributed by atoms with E-state index in [1.54, 1.807) is 0 Å². The summed E-state index contributed by atoms with van der Waals surface area (Å²) in [4.78, 5) is 3.65. The van der Waals surface area contributed by atoms with Gasteiger partial charge < -0.3 is 5.11 Å². The van der Waals surface area contributed by atoms with Gasteiger partial charge in [0.15, 0.2) is 5.82 Å². The molecule has 1 atom stereocenters. The molecule has 1 aromatic heterocycles. The van der Waals surface area contributed by atoms with Gasteiger partial charge in [-0.15, -0.1) is 6.58 Å². The van der Waals surface area contributed by atoms with Crippen molar-refractivity contribution in [3.8, 4) is 0 Å². The Labute approximate surface area is 77.9 Å². The number of rotatable bonds is 2. The summed E-state index contributed by atoms with van der Waals surface area (Å²) in [7, 11) is 0. The number of hydrogen-bond acceptors (Lipinski definition) is 2. The van der Waals surface area contributed by atoms with E-state index in [4.69, 9.17) is 0 Å². The summed E-state index contributed by atoms with van der Waals surface area (Å²) < 4.78 is 13.2. The van der Waals surface area contributed by atoms with Crippen LogP contribution in [-0.4, -0.2) is 10.1 Å². The Morgan fingerprint density at radius 1 is 1.75 bits per heavy atom. The molecule has 1 rings (SSSR count). The Kier molecular flexibility index (Phi) is 2.94. The van der Waals surface area contributed by atoms with Gasteiger partial charge in [0.1, 0.15) is 4.60 Å². The molecular formula is C8H7BrFNO. The van der Waals surface area contributed by atoms with Crippen molar-refractivity contribution in [3.63, 3.8) is 0 Å². The second-order valence-corrected chi connectivity index (χ2v) is 2.94. The number of halogens is 2. The van der Waals surface area contributed by atoms with Gasteiger partial charge in [0.05, 0.1) is 6.10 Å². The molecule has 0 saturated heterocycles. The number of aliphatic hydroxyl groups is 1. The van der Waals surface area contributed by atoms with Crippen LogP contribution >= 0.6 is 15.9 Å². The predicted octanol–water partition coefficient (Wildman–Crippen LogP) is 2.20. The molecule has 2 nitrogen and oxygen atoms in total. The van der Waals surface area contributed by atoms with Gasteiger partial charge >= 0.3 is 0 Å². The van der Waals surface area contributed by atoms with Crippen LogP contribution in [0.4, 0.5) is 4.39 Å². The predicted molar refractivity (Wildman–Crippen MR) is 47.1 cm³/mol. The molecule has 0 radical (unpaired) electrons. The highest BCUT2D eigenvalue weighted by molar-refractivity contribution is 9.10. The maximum Gasteiger partial charge on any atom is 0.162 e. The maximum atomic E-state index is 13.1. The number of hydrogen-bond donors (Lipinski definition) is 1. The van der Waals surface area contributed by atoms with Crippen molar-refractivity contribution in [2.45, 2.75) is 6.10 Å². The molecule has 0 aliphatic carbocycles. The van der Waals surface area contributed by atoms with Crippen molar-refractivity contribution in [2.75, 3.05) is 0 Å². The lowest BCUT2D eigenvalue weighted by Gasteiger charge is -2.06. The first-order valence-corrected chi connectivity index (χ1v) is 4.06. The first-order chi connectivity index (χ1) is 5.66. The van der Waals surface area contributed by atoms with Crippen LogP contribution in [0.15, 0.2) is 29.5 Å². The Balaban J connectivity index is 3.15. The smallest absolute Gasteiger partial charge is 0.162 e. The molecule has 0 bridgehead atoms. The van der Waals surface area contributed by atoms with Crippen LogP contribution in [0.3, 0.4) is 0 Å². The molecule has 1 N–H and O–H groups in total. The second kappa shape index (κ2) is 3.78. The van der Waals surface area contributed by atoms with E-state index in [0.717, 1.165) is 0 Å². The summed E-state index contributed by atoms with van der Waals surface area (Å²) in [5, 5.41) is 9.23. The van der Waals surface area contributed by atoms with E-state index in [1.165, 1.54) is 18.3 Å². The van der Waals surface area contributed by atoms with Crippen LogP contribution in [0, 0.1) is 5.82 Å². The van der Waals surface area contributed by atoms with Gasteiger partial charge in [-0.2, -0.15) is 0 Å². The Morgan fingerprint density at radius 3 is 3.00 bits per heavy atom. The minimum Gasteiger partial charge on any atom is -0.384 e. The lowest BCUT2D eigenvalue weighted by Crippen LogP contribution is -1.98. The molecule has 64 valence electrons. The lowest BCUT2D eigenvalue weighted by atomic mass is 10.1. The number of aliphatic hydroxyl groups excluding tert-OH is 1. The minimum atomic E-state index is -0.982. The van der Waals surface area contributed by atoms with Gasteiger partial charge in [-0.05, 0) is 22.0 Å². The van der Waals surface area contributed by atoms with Crippen LogP contribution in [0.5, 0.6) is 0 Å². The van der Waals surface area contributed by atoms with E-state index in [0.29, 0.717) is 0 Å². The van der Waals surface area contributed by atoms with Crippen LogP contribution in [-0.2, 0) is 0 Å². The quantitative estimate of drug-likeness (QED) is 0.626. The molecule has 1 heterocycles. The first-order valence-electron chi connectivity index (χ1n) is 3.27. The molecule has 12 heavy (non-hydrogen) atoms. The number of pyridine rings is 1. The van der Waals surface area contributed by atoms with Crippen molar-refractivity contribution in [1.82, 2.24) is 4.98 Å². The summed E-state index contributed by atoms with van der Waals surface area (Å²) in [6, 6.07) is 1.41. The average Bonchev–Trinajstić information content (AvgIpc) is 2.08. The maximum absolute atomic E-state index is 13.1. The summed E-state index contributed by atoms with van der Waals surface area (Å²) in [5.41, 5.74) is 0.173. The highest BCUT2D eigenvalue weighted by atomic mass is 79.9. The van der Waals surface area contributed by atoms with E-state index < -0.39 is 11.9 Å². The third kappa shape index (κ3) is 1.70. The highest BCUT2D eigenvalue weighted by Crippen LogP contribution is 2.21. The second-order valence-electron chi connectivity index (χ2n) is 2.19. The molecule has 0 spiro atoms. The largest absolute Gasteiger partial charge is 0.384 e. The van der Waals surface area contributed by atoms with E-state index >= 15 is 0 Å². The first kappa shape index (κ1) is 9.35. The zero-order chi connectivity index (χ0) is 9.14. The molecule has 0 aliphatic rings. The van der Waals surface area contributed by atoms with Crippen molar-refractivity contribution in [2.24, 2.45) is 0 Å². The van der Waals surface area contributed by atoms with Crippen molar-refractivity contribution in [3.05, 3.63) is 40.9 Å². The van der Waals surface area contributed by atoms with E-state index in [2.05, 4.69) is 27.5 Å². The third-order valence-corrected chi connectivity index (χ3v) is 1.97. The van der Waals surface area contributed by atoms with E-state index in [1.807, 2.05) is 0 Å². The summed E-state index contributed by atoms with van der Waals surface area (Å²) in [5.74, 6) is -0.551. The van der Waals surface area contributed by atoms with Gasteiger partial charge in [0.2, 0.25) is 0 Å². The van der Waals surface area contributed by atoms with Gasteiger partial charge in [-0.25, -0.2) is 9.37 Å². The Morgan fingerprint density at radius 2 is 2.42 bits per heavy atom. The van der Waals surface area contributed by atoms with Crippen LogP contribution in [0.2, 0.25) is 0 Å². The number of nitrogens with zero attached hydrogens (tertiary/aromatic N) is 1. The number of aromatic nitrogens is 1. The topological polar surface area (TPSA) is 33.1 Å². The average molecular weight is 232 g/mol. The van der Waals surface area contributed by atoms with E-state index in [-0.39, 0.29) is 10.2 Å². The van der Waals surface area contributed by atoms with Crippen molar-refractivity contribution < 1.29 is 9.50 Å². The monoisotopic (exact) mass is 231 g/mol. The zero-order valence-corrected chi connectivity index (χ0v) is 7.75. The van der Waals surface area contributed by atoms with Gasteiger partial charge in [0, 0.05) is 11.8 Å². The minimum absolute atomic E-state index is 0.0981. The molecule has 0 aromatic carbocycles. The SMILES string of the molecule is C=CC(O)c1ccnc(Br)c1F. The third-order valence-electron chi connectivity index (χ3n) is 1.42. The van der Waals surface area contributed by atoms with Gasteiger partial charge in [-0.1, -0.05) is 6.08 Å². The molecule has 0 saturated carbocycles. The van der Waals surface area contributed by atoms with Crippen LogP contribution in [0.1, 0.15) is 11.7 Å². The molecule has 0 amide bonds. The van der Waals surface area contributed by atoms with E-state index in [9.17, 15) is 9.50 Å². The molecule has 1 aromatic rings. The van der Waals surface area contributed by atoms with Crippen molar-refractivity contribution in [1.29, 1.82) is 0 Å². The fraction of sp³-hybridized carbons (Fsp3) is 0.125. The van der Waals surface area contributed by atoms with Crippen molar-refractivity contribution >= 4 is 15.9 Å². The summed E-state index contributed by atoms with van der Waals surface area (Å²) in [6.07, 6.45) is 1.68. The molecule has 4 heteroatoms. The Hall–Kier alpha value is -0.740. The standard InChI is InChI=1S/C8H7BrFNO/c1-2-6(12)5-3-4-11-8(9)7(5)10/h2-4,6,12H,1H2. The molecular weight excluding hydrogens is 225 g/mol. The van der Waals surface area contributed by atoms with Gasteiger partial charge in [-0.3, -0.25) is 0 Å². The highest BCUT2D eigenvalue weighted by Gasteiger charge is 2.11. The lowest BCUT2D eigenvalue weighted by molar-refractivity contribution is 0.223. The fourth-order valence-electron chi connectivity index (χ4n) is 0.787. The van der Waals surface area contributed by atoms with Gasteiger partial charge in [0.25, 0.3) is 0 Å². The zero-order valence-electron chi connectivity index (χ0n) is 6.17. The summed E-state index contributed by atoms with van der Waals surface area (Å²) in [6.45, 7) is 3.36. The molecule has 0 aliphatic heterocycles. The van der Waals surface area contributed by atoms with Crippen LogP contribution < -0.4 is 0 Å². The molecule has 0 fully saturated rings. The van der Waals surface area contributed by atoms with Crippen LogP contribution in [0.25, 0.3) is 0 Å². The summed E-state index contributed by atoms with van der Waals surface area (Å²) >= 11 is 2.91. The molecule has 1 unspecified atom stereocenters. The normalized spacial score (nSPS) is 12.6. The fourth-order valence-corrected chi connectivity index (χ4v) is 1.13.